The lowest BCUT2D eigenvalue weighted by Crippen LogP contribution is -2.41. The van der Waals surface area contributed by atoms with Crippen LogP contribution in [0, 0.1) is 11.7 Å². The van der Waals surface area contributed by atoms with E-state index in [2.05, 4.69) is 12.2 Å². The highest BCUT2D eigenvalue weighted by Gasteiger charge is 2.23. The minimum atomic E-state index is -0.150. The maximum atomic E-state index is 13.2. The van der Waals surface area contributed by atoms with Crippen LogP contribution in [0.4, 0.5) is 4.39 Å². The minimum Gasteiger partial charge on any atom is -0.381 e. The highest BCUT2D eigenvalue weighted by atomic mass is 19.1. The maximum Gasteiger partial charge on any atom is 0.123 e. The number of benzene rings is 1. The summed E-state index contributed by atoms with van der Waals surface area (Å²) in [6.07, 6.45) is 3.21. The summed E-state index contributed by atoms with van der Waals surface area (Å²) < 4.78 is 18.8. The van der Waals surface area contributed by atoms with Crippen LogP contribution >= 0.6 is 0 Å². The van der Waals surface area contributed by atoms with E-state index in [1.165, 1.54) is 12.5 Å². The van der Waals surface area contributed by atoms with Crippen LogP contribution in [0.2, 0.25) is 0 Å². The van der Waals surface area contributed by atoms with Gasteiger partial charge in [-0.15, -0.1) is 0 Å². The lowest BCUT2D eigenvalue weighted by atomic mass is 9.89. The van der Waals surface area contributed by atoms with Gasteiger partial charge >= 0.3 is 0 Å². The fourth-order valence-electron chi connectivity index (χ4n) is 2.67. The van der Waals surface area contributed by atoms with Gasteiger partial charge in [-0.2, -0.15) is 0 Å². The third-order valence-corrected chi connectivity index (χ3v) is 3.58. The fourth-order valence-corrected chi connectivity index (χ4v) is 2.67. The molecule has 2 atom stereocenters. The molecule has 2 rings (SSSR count). The number of rotatable bonds is 5. The van der Waals surface area contributed by atoms with E-state index in [9.17, 15) is 4.39 Å². The van der Waals surface area contributed by atoms with Gasteiger partial charge in [-0.3, -0.25) is 0 Å². The molecule has 1 aromatic carbocycles. The molecule has 0 bridgehead atoms. The quantitative estimate of drug-likeness (QED) is 0.869. The van der Waals surface area contributed by atoms with E-state index in [4.69, 9.17) is 4.74 Å². The standard InChI is InChI=1S/C15H22FNO/c1-2-17-15(13-6-4-8-18-11-13)10-12-5-3-7-14(16)9-12/h3,5,7,9,13,15,17H,2,4,6,8,10-11H2,1H3. The number of hydrogen-bond acceptors (Lipinski definition) is 2. The summed E-state index contributed by atoms with van der Waals surface area (Å²) >= 11 is 0. The number of likely N-dealkylation sites (N-methyl/N-ethyl adjacent to an activating group) is 1. The molecule has 1 saturated heterocycles. The highest BCUT2D eigenvalue weighted by Crippen LogP contribution is 2.20. The predicted molar refractivity (Wildman–Crippen MR) is 71.1 cm³/mol. The number of nitrogens with one attached hydrogen (secondary N) is 1. The van der Waals surface area contributed by atoms with E-state index in [-0.39, 0.29) is 5.82 Å². The lowest BCUT2D eigenvalue weighted by Gasteiger charge is -2.31. The zero-order valence-corrected chi connectivity index (χ0v) is 11.0. The molecule has 100 valence electrons. The maximum absolute atomic E-state index is 13.2. The van der Waals surface area contributed by atoms with Gasteiger partial charge in [0.25, 0.3) is 0 Å². The molecule has 1 aliphatic rings. The molecule has 2 unspecified atom stereocenters. The molecule has 2 nitrogen and oxygen atoms in total. The Morgan fingerprint density at radius 1 is 1.50 bits per heavy atom. The molecule has 0 aromatic heterocycles. The number of ether oxygens (including phenoxy) is 1. The van der Waals surface area contributed by atoms with Crippen molar-refractivity contribution >= 4 is 0 Å². The van der Waals surface area contributed by atoms with Crippen molar-refractivity contribution < 1.29 is 9.13 Å². The zero-order valence-electron chi connectivity index (χ0n) is 11.0. The largest absolute Gasteiger partial charge is 0.381 e. The second-order valence-electron chi connectivity index (χ2n) is 4.98. The summed E-state index contributed by atoms with van der Waals surface area (Å²) in [5.74, 6) is 0.393. The minimum absolute atomic E-state index is 0.150. The molecule has 3 heteroatoms. The van der Waals surface area contributed by atoms with Crippen molar-refractivity contribution in [1.82, 2.24) is 5.32 Å². The van der Waals surface area contributed by atoms with Crippen molar-refractivity contribution in [3.8, 4) is 0 Å². The van der Waals surface area contributed by atoms with Crippen molar-refractivity contribution in [2.75, 3.05) is 19.8 Å². The summed E-state index contributed by atoms with van der Waals surface area (Å²) in [6, 6.07) is 7.29. The molecule has 1 aromatic rings. The lowest BCUT2D eigenvalue weighted by molar-refractivity contribution is 0.0396. The van der Waals surface area contributed by atoms with Crippen LogP contribution in [0.25, 0.3) is 0 Å². The Balaban J connectivity index is 2.00. The Morgan fingerprint density at radius 2 is 2.39 bits per heavy atom. The summed E-state index contributed by atoms with van der Waals surface area (Å²) in [5, 5.41) is 3.52. The number of hydrogen-bond donors (Lipinski definition) is 1. The predicted octanol–water partition coefficient (Wildman–Crippen LogP) is 2.77. The second kappa shape index (κ2) is 6.86. The summed E-state index contributed by atoms with van der Waals surface area (Å²) in [6.45, 7) is 4.76. The number of halogens is 1. The van der Waals surface area contributed by atoms with Crippen molar-refractivity contribution in [2.24, 2.45) is 5.92 Å². The smallest absolute Gasteiger partial charge is 0.123 e. The van der Waals surface area contributed by atoms with Crippen LogP contribution in [0.15, 0.2) is 24.3 Å². The third-order valence-electron chi connectivity index (χ3n) is 3.58. The Hall–Kier alpha value is -0.930. The van der Waals surface area contributed by atoms with Gasteiger partial charge in [-0.25, -0.2) is 4.39 Å². The van der Waals surface area contributed by atoms with E-state index >= 15 is 0 Å². The fraction of sp³-hybridized carbons (Fsp3) is 0.600. The molecule has 1 heterocycles. The Kier molecular flexibility index (Phi) is 5.14. The van der Waals surface area contributed by atoms with Gasteiger partial charge in [0.2, 0.25) is 0 Å². The molecule has 1 fully saturated rings. The van der Waals surface area contributed by atoms with Crippen molar-refractivity contribution in [1.29, 1.82) is 0 Å². The van der Waals surface area contributed by atoms with Crippen molar-refractivity contribution in [2.45, 2.75) is 32.2 Å². The molecule has 0 amide bonds. The first-order valence-corrected chi connectivity index (χ1v) is 6.85. The van der Waals surface area contributed by atoms with Crippen LogP contribution in [0.3, 0.4) is 0 Å². The van der Waals surface area contributed by atoms with Gasteiger partial charge in [-0.05, 0) is 49.4 Å². The topological polar surface area (TPSA) is 21.3 Å². The summed E-state index contributed by atoms with van der Waals surface area (Å²) in [7, 11) is 0. The first kappa shape index (κ1) is 13.5. The van der Waals surface area contributed by atoms with Gasteiger partial charge in [0, 0.05) is 12.6 Å². The Labute approximate surface area is 109 Å². The third kappa shape index (κ3) is 3.79. The molecule has 0 saturated carbocycles. The van der Waals surface area contributed by atoms with E-state index in [0.29, 0.717) is 12.0 Å². The van der Waals surface area contributed by atoms with E-state index < -0.39 is 0 Å². The van der Waals surface area contributed by atoms with Gasteiger partial charge in [-0.1, -0.05) is 19.1 Å². The average Bonchev–Trinajstić information content (AvgIpc) is 2.39. The zero-order chi connectivity index (χ0) is 12.8. The average molecular weight is 251 g/mol. The second-order valence-corrected chi connectivity index (χ2v) is 4.98. The Morgan fingerprint density at radius 3 is 3.06 bits per heavy atom. The first-order chi connectivity index (χ1) is 8.79. The van der Waals surface area contributed by atoms with Crippen molar-refractivity contribution in [3.05, 3.63) is 35.6 Å². The normalized spacial score (nSPS) is 21.8. The van der Waals surface area contributed by atoms with Crippen LogP contribution in [-0.4, -0.2) is 25.8 Å². The molecule has 0 spiro atoms. The Bertz CT molecular complexity index is 363. The van der Waals surface area contributed by atoms with Gasteiger partial charge in [0.05, 0.1) is 6.61 Å². The van der Waals surface area contributed by atoms with Crippen LogP contribution in [0.1, 0.15) is 25.3 Å². The van der Waals surface area contributed by atoms with Crippen LogP contribution in [-0.2, 0) is 11.2 Å². The van der Waals surface area contributed by atoms with Crippen LogP contribution < -0.4 is 5.32 Å². The molecule has 0 radical (unpaired) electrons. The molecular formula is C15H22FNO. The van der Waals surface area contributed by atoms with Crippen molar-refractivity contribution in [3.63, 3.8) is 0 Å². The molecule has 1 aliphatic heterocycles. The van der Waals surface area contributed by atoms with Crippen LogP contribution in [0.5, 0.6) is 0 Å². The monoisotopic (exact) mass is 251 g/mol. The summed E-state index contributed by atoms with van der Waals surface area (Å²) in [4.78, 5) is 0. The van der Waals surface area contributed by atoms with Gasteiger partial charge < -0.3 is 10.1 Å². The SMILES string of the molecule is CCNC(Cc1cccc(F)c1)C1CCCOC1. The molecule has 1 N–H and O–H groups in total. The van der Waals surface area contributed by atoms with E-state index in [1.807, 2.05) is 6.07 Å². The molecular weight excluding hydrogens is 229 g/mol. The van der Waals surface area contributed by atoms with Gasteiger partial charge in [0.1, 0.15) is 5.82 Å². The van der Waals surface area contributed by atoms with E-state index in [1.54, 1.807) is 12.1 Å². The van der Waals surface area contributed by atoms with E-state index in [0.717, 1.165) is 38.2 Å². The first-order valence-electron chi connectivity index (χ1n) is 6.85. The highest BCUT2D eigenvalue weighted by molar-refractivity contribution is 5.17. The molecule has 18 heavy (non-hydrogen) atoms. The molecule has 0 aliphatic carbocycles. The summed E-state index contributed by atoms with van der Waals surface area (Å²) in [5.41, 5.74) is 1.06. The van der Waals surface area contributed by atoms with Gasteiger partial charge in [0.15, 0.2) is 0 Å².